The van der Waals surface area contributed by atoms with Crippen LogP contribution in [0.25, 0.3) is 0 Å². The van der Waals surface area contributed by atoms with Crippen LogP contribution in [0.2, 0.25) is 0 Å². The van der Waals surface area contributed by atoms with Crippen LogP contribution in [0, 0.1) is 0 Å². The first-order valence-corrected chi connectivity index (χ1v) is 2.16. The number of alkyl halides is 1. The van der Waals surface area contributed by atoms with Gasteiger partial charge in [0.05, 0.1) is 0 Å². The molecule has 0 atom stereocenters. The molecule has 0 rings (SSSR count). The standard InChI is InChI=1S/C5H7F2N/c1-8-5(7)3-2-4-6/h2-3H,4H2,1H3/b3-2-,8-5+. The Labute approximate surface area is 46.7 Å². The van der Waals surface area contributed by atoms with Gasteiger partial charge >= 0.3 is 0 Å². The minimum atomic E-state index is -0.650. The van der Waals surface area contributed by atoms with Crippen LogP contribution >= 0.6 is 0 Å². The lowest BCUT2D eigenvalue weighted by Crippen LogP contribution is -1.79. The molecule has 0 aliphatic carbocycles. The van der Waals surface area contributed by atoms with Gasteiger partial charge in [0.25, 0.3) is 0 Å². The molecule has 0 aromatic rings. The average molecular weight is 119 g/mol. The molecule has 0 saturated heterocycles. The van der Waals surface area contributed by atoms with E-state index in [9.17, 15) is 8.78 Å². The molecule has 0 saturated carbocycles. The van der Waals surface area contributed by atoms with E-state index in [0.29, 0.717) is 0 Å². The van der Waals surface area contributed by atoms with Gasteiger partial charge in [-0.15, -0.1) is 0 Å². The summed E-state index contributed by atoms with van der Waals surface area (Å²) >= 11 is 0. The minimum absolute atomic E-state index is 0.650. The van der Waals surface area contributed by atoms with Crippen molar-refractivity contribution in [2.24, 2.45) is 4.99 Å². The predicted octanol–water partition coefficient (Wildman–Crippen LogP) is 1.51. The van der Waals surface area contributed by atoms with Crippen molar-refractivity contribution < 1.29 is 8.78 Å². The summed E-state index contributed by atoms with van der Waals surface area (Å²) in [6.07, 6.45) is 2.04. The fourth-order valence-electron chi connectivity index (χ4n) is 0.216. The molecule has 3 heteroatoms. The highest BCUT2D eigenvalue weighted by molar-refractivity contribution is 5.86. The molecule has 0 radical (unpaired) electrons. The first-order valence-electron chi connectivity index (χ1n) is 2.16. The van der Waals surface area contributed by atoms with E-state index in [4.69, 9.17) is 0 Å². The monoisotopic (exact) mass is 119 g/mol. The summed E-state index contributed by atoms with van der Waals surface area (Å²) in [5.74, 6) is -0.650. The van der Waals surface area contributed by atoms with E-state index in [1.165, 1.54) is 7.05 Å². The maximum atomic E-state index is 11.8. The molecule has 0 heterocycles. The van der Waals surface area contributed by atoms with Crippen molar-refractivity contribution in [1.29, 1.82) is 0 Å². The van der Waals surface area contributed by atoms with Gasteiger partial charge in [0.15, 0.2) is 0 Å². The van der Waals surface area contributed by atoms with Crippen LogP contribution in [-0.4, -0.2) is 19.7 Å². The number of hydrogen-bond acceptors (Lipinski definition) is 1. The molecule has 46 valence electrons. The van der Waals surface area contributed by atoms with Gasteiger partial charge in [0, 0.05) is 7.05 Å². The fraction of sp³-hybridized carbons (Fsp3) is 0.400. The number of allylic oxidation sites excluding steroid dienone is 2. The summed E-state index contributed by atoms with van der Waals surface area (Å²) in [5, 5.41) is 0. The summed E-state index contributed by atoms with van der Waals surface area (Å²) in [5.41, 5.74) is 0. The Morgan fingerprint density at radius 1 is 1.75 bits per heavy atom. The zero-order valence-corrected chi connectivity index (χ0v) is 4.56. The third-order valence-electron chi connectivity index (χ3n) is 0.558. The first-order chi connectivity index (χ1) is 3.81. The largest absolute Gasteiger partial charge is 0.261 e. The van der Waals surface area contributed by atoms with E-state index in [-0.39, 0.29) is 0 Å². The lowest BCUT2D eigenvalue weighted by atomic mass is 10.5. The quantitative estimate of drug-likeness (QED) is 0.488. The summed E-state index contributed by atoms with van der Waals surface area (Å²) in [4.78, 5) is 3.12. The average Bonchev–Trinajstić information content (AvgIpc) is 1.83. The number of nitrogens with zero attached hydrogens (tertiary/aromatic N) is 1. The van der Waals surface area contributed by atoms with Gasteiger partial charge in [-0.1, -0.05) is 0 Å². The van der Waals surface area contributed by atoms with Crippen molar-refractivity contribution in [2.75, 3.05) is 13.7 Å². The highest BCUT2D eigenvalue weighted by Gasteiger charge is 1.81. The number of hydrogen-bond donors (Lipinski definition) is 0. The normalized spacial score (nSPS) is 13.1. The van der Waals surface area contributed by atoms with Crippen LogP contribution in [-0.2, 0) is 0 Å². The molecule has 0 aliphatic heterocycles. The Morgan fingerprint density at radius 3 is 2.75 bits per heavy atom. The van der Waals surface area contributed by atoms with E-state index in [1.807, 2.05) is 0 Å². The predicted molar refractivity (Wildman–Crippen MR) is 29.6 cm³/mol. The highest BCUT2D eigenvalue weighted by Crippen LogP contribution is 1.81. The van der Waals surface area contributed by atoms with Crippen molar-refractivity contribution in [3.05, 3.63) is 12.2 Å². The lowest BCUT2D eigenvalue weighted by molar-refractivity contribution is 0.561. The van der Waals surface area contributed by atoms with Gasteiger partial charge in [-0.3, -0.25) is 4.99 Å². The van der Waals surface area contributed by atoms with Crippen molar-refractivity contribution in [3.8, 4) is 0 Å². The van der Waals surface area contributed by atoms with Crippen LogP contribution in [0.3, 0.4) is 0 Å². The minimum Gasteiger partial charge on any atom is -0.261 e. The second-order valence-corrected chi connectivity index (χ2v) is 1.10. The molecule has 0 unspecified atom stereocenters. The molecule has 0 N–H and O–H groups in total. The molecule has 0 aromatic heterocycles. The second-order valence-electron chi connectivity index (χ2n) is 1.10. The Bertz CT molecular complexity index is 107. The van der Waals surface area contributed by atoms with Gasteiger partial charge < -0.3 is 0 Å². The smallest absolute Gasteiger partial charge is 0.207 e. The van der Waals surface area contributed by atoms with E-state index in [0.717, 1.165) is 12.2 Å². The molecular weight excluding hydrogens is 112 g/mol. The Morgan fingerprint density at radius 2 is 2.38 bits per heavy atom. The fourth-order valence-corrected chi connectivity index (χ4v) is 0.216. The molecule has 8 heavy (non-hydrogen) atoms. The van der Waals surface area contributed by atoms with Crippen LogP contribution < -0.4 is 0 Å². The summed E-state index contributed by atoms with van der Waals surface area (Å²) in [6, 6.07) is 0. The van der Waals surface area contributed by atoms with Gasteiger partial charge in [-0.05, 0) is 12.2 Å². The van der Waals surface area contributed by atoms with E-state index in [2.05, 4.69) is 4.99 Å². The van der Waals surface area contributed by atoms with Gasteiger partial charge in [0.1, 0.15) is 6.67 Å². The topological polar surface area (TPSA) is 12.4 Å². The van der Waals surface area contributed by atoms with Crippen LogP contribution in [0.1, 0.15) is 0 Å². The molecular formula is C5H7F2N. The lowest BCUT2D eigenvalue weighted by Gasteiger charge is -1.77. The Hall–Kier alpha value is -0.730. The van der Waals surface area contributed by atoms with Crippen LogP contribution in [0.5, 0.6) is 0 Å². The summed E-state index contributed by atoms with van der Waals surface area (Å²) in [6.45, 7) is -0.650. The van der Waals surface area contributed by atoms with Gasteiger partial charge in [-0.2, -0.15) is 4.39 Å². The highest BCUT2D eigenvalue weighted by atomic mass is 19.1. The van der Waals surface area contributed by atoms with Crippen LogP contribution in [0.4, 0.5) is 8.78 Å². The third kappa shape index (κ3) is 3.46. The van der Waals surface area contributed by atoms with Crippen molar-refractivity contribution in [2.45, 2.75) is 0 Å². The van der Waals surface area contributed by atoms with Crippen molar-refractivity contribution in [1.82, 2.24) is 0 Å². The van der Waals surface area contributed by atoms with Gasteiger partial charge in [0.2, 0.25) is 5.97 Å². The number of rotatable bonds is 2. The SMILES string of the molecule is C/N=C(F)\C=C/CF. The first kappa shape index (κ1) is 7.27. The van der Waals surface area contributed by atoms with Crippen molar-refractivity contribution in [3.63, 3.8) is 0 Å². The molecule has 0 aromatic carbocycles. The zero-order chi connectivity index (χ0) is 6.41. The van der Waals surface area contributed by atoms with Gasteiger partial charge in [-0.25, -0.2) is 4.39 Å². The molecule has 0 bridgehead atoms. The molecule has 0 amide bonds. The molecule has 0 fully saturated rings. The third-order valence-corrected chi connectivity index (χ3v) is 0.558. The van der Waals surface area contributed by atoms with Crippen molar-refractivity contribution >= 4 is 5.97 Å². The molecule has 1 nitrogen and oxygen atoms in total. The summed E-state index contributed by atoms with van der Waals surface area (Å²) < 4.78 is 23.0. The van der Waals surface area contributed by atoms with E-state index < -0.39 is 12.6 Å². The van der Waals surface area contributed by atoms with E-state index >= 15 is 0 Å². The molecule has 0 spiro atoms. The van der Waals surface area contributed by atoms with Crippen LogP contribution in [0.15, 0.2) is 17.1 Å². The number of halogens is 2. The zero-order valence-electron chi connectivity index (χ0n) is 4.56. The Kier molecular flexibility index (Phi) is 4.03. The Balaban J connectivity index is 3.53. The summed E-state index contributed by atoms with van der Waals surface area (Å²) in [7, 11) is 1.30. The van der Waals surface area contributed by atoms with E-state index in [1.54, 1.807) is 0 Å². The molecule has 0 aliphatic rings. The number of aliphatic imine (C=N–C) groups is 1. The maximum absolute atomic E-state index is 11.8. The second kappa shape index (κ2) is 4.43. The maximum Gasteiger partial charge on any atom is 0.207 e.